The number of pyridine rings is 2. The molecule has 4 heterocycles. The number of ether oxygens (including phenoxy) is 1. The van der Waals surface area contributed by atoms with E-state index in [2.05, 4.69) is 5.32 Å². The lowest BCUT2D eigenvalue weighted by atomic mass is 10.0. The summed E-state index contributed by atoms with van der Waals surface area (Å²) in [6.45, 7) is 0.388. The van der Waals surface area contributed by atoms with E-state index in [1.165, 1.54) is 0 Å². The van der Waals surface area contributed by atoms with Gasteiger partial charge in [-0.3, -0.25) is 19.2 Å². The first-order valence-electron chi connectivity index (χ1n) is 17.7. The summed E-state index contributed by atoms with van der Waals surface area (Å²) in [5.74, 6) is 0.810. The van der Waals surface area contributed by atoms with E-state index >= 15 is 0 Å². The molecule has 4 aromatic heterocycles. The van der Waals surface area contributed by atoms with Crippen LogP contribution in [0.15, 0.2) is 167 Å². The third kappa shape index (κ3) is 8.94. The van der Waals surface area contributed by atoms with Crippen LogP contribution >= 0.6 is 0 Å². The average molecular weight is 768 g/mol. The van der Waals surface area contributed by atoms with E-state index in [1.807, 2.05) is 103 Å². The molecule has 0 saturated carbocycles. The molecular weight excluding hydrogens is 735 g/mol. The number of hydrogen-bond acceptors (Lipinski definition) is 9. The zero-order chi connectivity index (χ0) is 40.4. The SMILES string of the molecule is NC(=O)c1ccc(-c2cc(-c3ccc(NC=O)cc3)nc(-c3ccco3)c2)cc1.NC(=O)c1ccc(-c2cc(-c3ccc(OC=O)cc3)nc(-c3ccco3)c2)cc1. The number of furan rings is 2. The lowest BCUT2D eigenvalue weighted by Crippen LogP contribution is -2.10. The molecule has 58 heavy (non-hydrogen) atoms. The molecule has 0 unspecified atom stereocenters. The van der Waals surface area contributed by atoms with Crippen molar-refractivity contribution in [3.05, 3.63) is 169 Å². The number of carbonyl (C=O) groups is 4. The minimum absolute atomic E-state index is 0.388. The van der Waals surface area contributed by atoms with E-state index in [9.17, 15) is 19.2 Å². The van der Waals surface area contributed by atoms with Gasteiger partial charge in [0.2, 0.25) is 18.2 Å². The first kappa shape index (κ1) is 37.9. The molecule has 0 aliphatic rings. The summed E-state index contributed by atoms with van der Waals surface area (Å²) in [7, 11) is 0. The number of benzene rings is 4. The largest absolute Gasteiger partial charge is 0.463 e. The molecule has 12 nitrogen and oxygen atoms in total. The van der Waals surface area contributed by atoms with Crippen molar-refractivity contribution >= 4 is 30.4 Å². The summed E-state index contributed by atoms with van der Waals surface area (Å²) >= 11 is 0. The predicted octanol–water partition coefficient (Wildman–Crippen LogP) is 8.65. The van der Waals surface area contributed by atoms with Crippen LogP contribution in [0.5, 0.6) is 5.75 Å². The Labute approximate surface area is 331 Å². The average Bonchev–Trinajstić information content (AvgIpc) is 4.01. The number of carbonyl (C=O) groups excluding carboxylic acids is 4. The van der Waals surface area contributed by atoms with Crippen LogP contribution in [0.2, 0.25) is 0 Å². The molecule has 0 fully saturated rings. The van der Waals surface area contributed by atoms with Gasteiger partial charge < -0.3 is 30.4 Å². The summed E-state index contributed by atoms with van der Waals surface area (Å²) in [4.78, 5) is 53.2. The molecule has 0 atom stereocenters. The maximum atomic E-state index is 11.3. The number of nitrogens with zero attached hydrogens (tertiary/aromatic N) is 2. The summed E-state index contributed by atoms with van der Waals surface area (Å²) in [5, 5.41) is 2.62. The van der Waals surface area contributed by atoms with Gasteiger partial charge >= 0.3 is 0 Å². The third-order valence-corrected chi connectivity index (χ3v) is 8.94. The van der Waals surface area contributed by atoms with Crippen molar-refractivity contribution in [1.29, 1.82) is 0 Å². The number of anilines is 1. The Balaban J connectivity index is 0.000000177. The van der Waals surface area contributed by atoms with Crippen LogP contribution in [-0.4, -0.2) is 34.7 Å². The third-order valence-electron chi connectivity index (χ3n) is 8.94. The van der Waals surface area contributed by atoms with Crippen LogP contribution in [-0.2, 0) is 9.59 Å². The van der Waals surface area contributed by atoms with E-state index in [0.29, 0.717) is 58.4 Å². The number of nitrogens with two attached hydrogens (primary N) is 2. The standard InChI is InChI=1S/C23H17N3O3.C23H16N2O4/c24-23(28)17-5-3-15(4-6-17)18-12-20(16-7-9-19(10-8-16)25-14-27)26-21(13-18)22-2-1-11-29-22;24-23(27)17-5-3-15(4-6-17)18-12-20(16-7-9-19(10-8-16)29-14-26)25-21(13-18)22-2-1-11-28-22/h1-14H,(H2,24,28)(H,25,27);1-14H,(H2,24,27). The quantitative estimate of drug-likeness (QED) is 0.102. The summed E-state index contributed by atoms with van der Waals surface area (Å²) in [5.41, 5.74) is 20.5. The highest BCUT2D eigenvalue weighted by Crippen LogP contribution is 2.33. The Bertz CT molecular complexity index is 2490. The van der Waals surface area contributed by atoms with Crippen molar-refractivity contribution in [2.75, 3.05) is 5.32 Å². The fourth-order valence-electron chi connectivity index (χ4n) is 6.01. The van der Waals surface area contributed by atoms with Gasteiger partial charge in [-0.1, -0.05) is 36.4 Å². The first-order valence-corrected chi connectivity index (χ1v) is 17.7. The van der Waals surface area contributed by atoms with Crippen molar-refractivity contribution in [2.24, 2.45) is 11.5 Å². The van der Waals surface area contributed by atoms with E-state index in [-0.39, 0.29) is 0 Å². The maximum absolute atomic E-state index is 11.3. The van der Waals surface area contributed by atoms with E-state index < -0.39 is 11.8 Å². The minimum Gasteiger partial charge on any atom is -0.463 e. The van der Waals surface area contributed by atoms with Gasteiger partial charge in [0.15, 0.2) is 11.5 Å². The molecule has 0 spiro atoms. The second-order valence-electron chi connectivity index (χ2n) is 12.7. The van der Waals surface area contributed by atoms with Crippen molar-refractivity contribution in [1.82, 2.24) is 9.97 Å². The second-order valence-corrected chi connectivity index (χ2v) is 12.7. The number of amides is 3. The molecule has 4 aromatic carbocycles. The van der Waals surface area contributed by atoms with Gasteiger partial charge in [-0.2, -0.15) is 0 Å². The normalized spacial score (nSPS) is 10.5. The summed E-state index contributed by atoms with van der Waals surface area (Å²) < 4.78 is 15.9. The Kier molecular flexibility index (Phi) is 11.4. The van der Waals surface area contributed by atoms with Gasteiger partial charge in [-0.05, 0) is 131 Å². The Morgan fingerprint density at radius 1 is 0.517 bits per heavy atom. The first-order chi connectivity index (χ1) is 28.3. The number of hydrogen-bond donors (Lipinski definition) is 3. The number of aromatic nitrogens is 2. The monoisotopic (exact) mass is 767 g/mol. The van der Waals surface area contributed by atoms with E-state index in [1.54, 1.807) is 55.0 Å². The summed E-state index contributed by atoms with van der Waals surface area (Å²) in [6.07, 6.45) is 3.83. The molecular formula is C46H33N5O7. The zero-order valence-electron chi connectivity index (χ0n) is 30.6. The number of rotatable bonds is 12. The highest BCUT2D eigenvalue weighted by atomic mass is 16.5. The lowest BCUT2D eigenvalue weighted by Gasteiger charge is -2.10. The van der Waals surface area contributed by atoms with Crippen molar-refractivity contribution in [3.8, 4) is 73.4 Å². The minimum atomic E-state index is -0.471. The Hall–Kier alpha value is -8.38. The van der Waals surface area contributed by atoms with Gasteiger partial charge in [0.25, 0.3) is 6.47 Å². The molecule has 0 aliphatic carbocycles. The lowest BCUT2D eigenvalue weighted by molar-refractivity contribution is -0.120. The topological polar surface area (TPSA) is 194 Å². The van der Waals surface area contributed by atoms with Gasteiger partial charge in [-0.15, -0.1) is 0 Å². The molecule has 0 bridgehead atoms. The highest BCUT2D eigenvalue weighted by Gasteiger charge is 2.13. The predicted molar refractivity (Wildman–Crippen MR) is 219 cm³/mol. The van der Waals surface area contributed by atoms with Crippen LogP contribution < -0.4 is 21.5 Å². The van der Waals surface area contributed by atoms with Crippen molar-refractivity contribution < 1.29 is 32.7 Å². The van der Waals surface area contributed by atoms with Gasteiger partial charge in [0.1, 0.15) is 17.1 Å². The molecule has 5 N–H and O–H groups in total. The molecule has 3 amide bonds. The molecule has 8 aromatic rings. The van der Waals surface area contributed by atoms with Gasteiger partial charge in [0, 0.05) is 27.9 Å². The van der Waals surface area contributed by atoms with Crippen LogP contribution in [0.3, 0.4) is 0 Å². The molecule has 0 radical (unpaired) electrons. The van der Waals surface area contributed by atoms with Gasteiger partial charge in [0.05, 0.1) is 23.9 Å². The van der Waals surface area contributed by atoms with Crippen LogP contribution in [0.1, 0.15) is 20.7 Å². The molecule has 0 saturated heterocycles. The highest BCUT2D eigenvalue weighted by molar-refractivity contribution is 5.94. The molecule has 12 heteroatoms. The fourth-order valence-corrected chi connectivity index (χ4v) is 6.01. The van der Waals surface area contributed by atoms with E-state index in [4.69, 9.17) is 35.0 Å². The van der Waals surface area contributed by atoms with Gasteiger partial charge in [-0.25, -0.2) is 9.97 Å². The van der Waals surface area contributed by atoms with E-state index in [0.717, 1.165) is 44.8 Å². The summed E-state index contributed by atoms with van der Waals surface area (Å²) in [6, 6.07) is 43.7. The number of primary amides is 2. The molecule has 0 aliphatic heterocycles. The zero-order valence-corrected chi connectivity index (χ0v) is 30.6. The Morgan fingerprint density at radius 3 is 1.31 bits per heavy atom. The number of nitrogens with one attached hydrogen (secondary N) is 1. The fraction of sp³-hybridized carbons (Fsp3) is 0. The van der Waals surface area contributed by atoms with Crippen LogP contribution in [0.4, 0.5) is 5.69 Å². The van der Waals surface area contributed by atoms with Crippen LogP contribution in [0.25, 0.3) is 67.7 Å². The van der Waals surface area contributed by atoms with Crippen LogP contribution in [0, 0.1) is 0 Å². The maximum Gasteiger partial charge on any atom is 0.298 e. The smallest absolute Gasteiger partial charge is 0.298 e. The Morgan fingerprint density at radius 2 is 0.931 bits per heavy atom. The van der Waals surface area contributed by atoms with Crippen molar-refractivity contribution in [2.45, 2.75) is 0 Å². The molecule has 8 rings (SSSR count). The molecule has 284 valence electrons. The second kappa shape index (κ2) is 17.4. The van der Waals surface area contributed by atoms with Crippen molar-refractivity contribution in [3.63, 3.8) is 0 Å².